The van der Waals surface area contributed by atoms with Crippen LogP contribution in [0.15, 0.2) is 0 Å². The van der Waals surface area contributed by atoms with Gasteiger partial charge in [-0.25, -0.2) is 4.79 Å². The normalized spacial score (nSPS) is 23.8. The summed E-state index contributed by atoms with van der Waals surface area (Å²) >= 11 is 0. The zero-order valence-corrected chi connectivity index (χ0v) is 4.71. The minimum Gasteiger partial charge on any atom is -0.547 e. The van der Waals surface area contributed by atoms with Crippen molar-refractivity contribution < 1.29 is 19.5 Å². The van der Waals surface area contributed by atoms with Crippen LogP contribution < -0.4 is 15.7 Å². The van der Waals surface area contributed by atoms with Gasteiger partial charge < -0.3 is 15.2 Å². The van der Waals surface area contributed by atoms with Gasteiger partial charge in [0, 0.05) is 0 Å². The molecule has 1 heterocycles. The average molecular weight is 143 g/mol. The van der Waals surface area contributed by atoms with Gasteiger partial charge >= 0.3 is 6.03 Å². The third-order valence-electron chi connectivity index (χ3n) is 1.01. The van der Waals surface area contributed by atoms with Gasteiger partial charge in [-0.05, 0) is 0 Å². The van der Waals surface area contributed by atoms with Crippen LogP contribution in [0.1, 0.15) is 0 Å². The molecule has 54 valence electrons. The van der Waals surface area contributed by atoms with Crippen LogP contribution in [0.3, 0.4) is 0 Å². The first-order valence-corrected chi connectivity index (χ1v) is 2.43. The lowest BCUT2D eigenvalue weighted by Gasteiger charge is -2.05. The third kappa shape index (κ3) is 0.903. The quantitative estimate of drug-likeness (QED) is 0.301. The number of carbonyl (C=O) groups is 3. The van der Waals surface area contributed by atoms with Gasteiger partial charge in [-0.3, -0.25) is 10.1 Å². The van der Waals surface area contributed by atoms with Crippen molar-refractivity contribution in [1.29, 1.82) is 0 Å². The van der Waals surface area contributed by atoms with E-state index in [0.717, 1.165) is 0 Å². The van der Waals surface area contributed by atoms with E-state index in [9.17, 15) is 19.5 Å². The molecule has 0 aliphatic carbocycles. The first-order valence-electron chi connectivity index (χ1n) is 2.43. The van der Waals surface area contributed by atoms with Crippen molar-refractivity contribution >= 4 is 17.9 Å². The van der Waals surface area contributed by atoms with Crippen LogP contribution in [0.5, 0.6) is 0 Å². The van der Waals surface area contributed by atoms with E-state index in [4.69, 9.17) is 0 Å². The van der Waals surface area contributed by atoms with Crippen LogP contribution in [0.2, 0.25) is 0 Å². The van der Waals surface area contributed by atoms with Gasteiger partial charge in [-0.2, -0.15) is 0 Å². The molecular weight excluding hydrogens is 140 g/mol. The predicted octanol–water partition coefficient (Wildman–Crippen LogP) is -3.06. The van der Waals surface area contributed by atoms with Gasteiger partial charge in [0.1, 0.15) is 6.04 Å². The zero-order valence-electron chi connectivity index (χ0n) is 4.71. The Kier molecular flexibility index (Phi) is 1.29. The maximum Gasteiger partial charge on any atom is 0.322 e. The number of imide groups is 1. The van der Waals surface area contributed by atoms with E-state index in [1.54, 1.807) is 5.32 Å². The third-order valence-corrected chi connectivity index (χ3v) is 1.01. The molecule has 6 heteroatoms. The summed E-state index contributed by atoms with van der Waals surface area (Å²) in [5.41, 5.74) is 0. The Morgan fingerprint density at radius 2 is 2.10 bits per heavy atom. The van der Waals surface area contributed by atoms with Crippen LogP contribution in [-0.2, 0) is 9.59 Å². The maximum atomic E-state index is 10.4. The number of amides is 3. The molecule has 1 fully saturated rings. The number of nitrogens with one attached hydrogen (secondary N) is 2. The monoisotopic (exact) mass is 143 g/mol. The fourth-order valence-electron chi connectivity index (χ4n) is 0.583. The summed E-state index contributed by atoms with van der Waals surface area (Å²) in [7, 11) is 0. The highest BCUT2D eigenvalue weighted by atomic mass is 16.4. The van der Waals surface area contributed by atoms with Crippen molar-refractivity contribution in [2.24, 2.45) is 0 Å². The fourth-order valence-corrected chi connectivity index (χ4v) is 0.583. The standard InChI is InChI=1S/C4H4N2O4/c7-2-1(3(8)9)5-4(10)6-2/h1H,(H,8,9)(H2,5,6,7,10)/p-1. The van der Waals surface area contributed by atoms with E-state index in [2.05, 4.69) is 0 Å². The molecule has 0 radical (unpaired) electrons. The minimum absolute atomic E-state index is 0.806. The molecule has 1 unspecified atom stereocenters. The summed E-state index contributed by atoms with van der Waals surface area (Å²) in [6, 6.07) is -2.34. The van der Waals surface area contributed by atoms with Crippen molar-refractivity contribution in [3.63, 3.8) is 0 Å². The van der Waals surface area contributed by atoms with Gasteiger partial charge in [0.05, 0.1) is 5.97 Å². The Balaban J connectivity index is 2.72. The second-order valence-electron chi connectivity index (χ2n) is 1.71. The summed E-state index contributed by atoms with van der Waals surface area (Å²) in [6.45, 7) is 0. The first kappa shape index (κ1) is 6.53. The average Bonchev–Trinajstić information content (AvgIpc) is 2.10. The molecule has 1 aliphatic heterocycles. The number of carboxylic acid groups (broad SMARTS) is 1. The second kappa shape index (κ2) is 1.98. The van der Waals surface area contributed by atoms with Crippen molar-refractivity contribution in [3.05, 3.63) is 0 Å². The molecular formula is C4H3N2O4-. The molecule has 2 N–H and O–H groups in total. The Morgan fingerprint density at radius 3 is 2.30 bits per heavy atom. The molecule has 1 saturated heterocycles. The van der Waals surface area contributed by atoms with Gasteiger partial charge in [-0.15, -0.1) is 0 Å². The van der Waals surface area contributed by atoms with Crippen LogP contribution in [0.4, 0.5) is 4.79 Å². The number of hydrogen-bond acceptors (Lipinski definition) is 4. The van der Waals surface area contributed by atoms with E-state index in [1.165, 1.54) is 0 Å². The molecule has 0 aromatic rings. The van der Waals surface area contributed by atoms with Crippen molar-refractivity contribution in [2.75, 3.05) is 0 Å². The molecule has 0 aromatic heterocycles. The largest absolute Gasteiger partial charge is 0.547 e. The number of hydrogen-bond donors (Lipinski definition) is 2. The van der Waals surface area contributed by atoms with Gasteiger partial charge in [-0.1, -0.05) is 0 Å². The summed E-state index contributed by atoms with van der Waals surface area (Å²) in [5.74, 6) is -2.49. The van der Waals surface area contributed by atoms with Crippen LogP contribution in [-0.4, -0.2) is 23.9 Å². The van der Waals surface area contributed by atoms with Crippen molar-refractivity contribution in [3.8, 4) is 0 Å². The lowest BCUT2D eigenvalue weighted by molar-refractivity contribution is -0.306. The highest BCUT2D eigenvalue weighted by molar-refractivity contribution is 6.13. The highest BCUT2D eigenvalue weighted by Gasteiger charge is 2.29. The lowest BCUT2D eigenvalue weighted by atomic mass is 10.3. The molecule has 6 nitrogen and oxygen atoms in total. The number of urea groups is 1. The smallest absolute Gasteiger partial charge is 0.322 e. The number of aliphatic carboxylic acids is 1. The van der Waals surface area contributed by atoms with Crippen LogP contribution >= 0.6 is 0 Å². The van der Waals surface area contributed by atoms with E-state index in [1.807, 2.05) is 5.32 Å². The van der Waals surface area contributed by atoms with E-state index < -0.39 is 23.9 Å². The molecule has 1 atom stereocenters. The van der Waals surface area contributed by atoms with Crippen molar-refractivity contribution in [2.45, 2.75) is 6.04 Å². The molecule has 0 saturated carbocycles. The molecule has 0 bridgehead atoms. The van der Waals surface area contributed by atoms with Crippen LogP contribution in [0, 0.1) is 0 Å². The number of carbonyl (C=O) groups excluding carboxylic acids is 3. The second-order valence-corrected chi connectivity index (χ2v) is 1.71. The SMILES string of the molecule is O=C1NC(=O)C(C(=O)[O-])N1. The molecule has 3 amide bonds. The maximum absolute atomic E-state index is 10.4. The molecule has 10 heavy (non-hydrogen) atoms. The fraction of sp³-hybridized carbons (Fsp3) is 0.250. The number of carboxylic acids is 1. The van der Waals surface area contributed by atoms with Crippen molar-refractivity contribution in [1.82, 2.24) is 10.6 Å². The van der Waals surface area contributed by atoms with Gasteiger partial charge in [0.25, 0.3) is 5.91 Å². The van der Waals surface area contributed by atoms with Gasteiger partial charge in [0.2, 0.25) is 0 Å². The Labute approximate surface area is 55.2 Å². The molecule has 0 spiro atoms. The lowest BCUT2D eigenvalue weighted by Crippen LogP contribution is -2.46. The Hall–Kier alpha value is -1.59. The Morgan fingerprint density at radius 1 is 1.50 bits per heavy atom. The zero-order chi connectivity index (χ0) is 7.72. The number of rotatable bonds is 1. The summed E-state index contributed by atoms with van der Waals surface area (Å²) < 4.78 is 0. The van der Waals surface area contributed by atoms with E-state index in [-0.39, 0.29) is 0 Å². The minimum atomic E-state index is -1.61. The highest BCUT2D eigenvalue weighted by Crippen LogP contribution is 1.89. The van der Waals surface area contributed by atoms with E-state index >= 15 is 0 Å². The summed E-state index contributed by atoms with van der Waals surface area (Å²) in [6.07, 6.45) is 0. The van der Waals surface area contributed by atoms with Gasteiger partial charge in [0.15, 0.2) is 0 Å². The molecule has 1 rings (SSSR count). The van der Waals surface area contributed by atoms with E-state index in [0.29, 0.717) is 0 Å². The topological polar surface area (TPSA) is 98.3 Å². The first-order chi connectivity index (χ1) is 4.61. The predicted molar refractivity (Wildman–Crippen MR) is 25.5 cm³/mol. The molecule has 0 aromatic carbocycles. The van der Waals surface area contributed by atoms with Crippen LogP contribution in [0.25, 0.3) is 0 Å². The molecule has 1 aliphatic rings. The summed E-state index contributed by atoms with van der Waals surface area (Å²) in [5, 5.41) is 13.6. The summed E-state index contributed by atoms with van der Waals surface area (Å²) in [4.78, 5) is 30.6. The Bertz CT molecular complexity index is 211.